The third kappa shape index (κ3) is 6.74. The first kappa shape index (κ1) is 21.0. The monoisotopic (exact) mass is 414 g/mol. The normalized spacial score (nSPS) is 11.0. The Morgan fingerprint density at radius 1 is 1.28 bits per heavy atom. The molecule has 0 bridgehead atoms. The van der Waals surface area contributed by atoms with Crippen molar-refractivity contribution in [2.45, 2.75) is 33.2 Å². The number of rotatable bonds is 5. The second-order valence-electron chi connectivity index (χ2n) is 6.77. The maximum Gasteiger partial charge on any atom is 0.342 e. The minimum absolute atomic E-state index is 0.0344. The summed E-state index contributed by atoms with van der Waals surface area (Å²) < 4.78 is 5.30. The molecule has 0 aromatic heterocycles. The van der Waals surface area contributed by atoms with Gasteiger partial charge >= 0.3 is 5.97 Å². The van der Waals surface area contributed by atoms with Crippen LogP contribution in [0, 0.1) is 6.92 Å². The van der Waals surface area contributed by atoms with Gasteiger partial charge in [-0.25, -0.2) is 4.79 Å². The topological polar surface area (TPSA) is 95.9 Å². The van der Waals surface area contributed by atoms with Crippen LogP contribution in [0.25, 0.3) is 0 Å². The van der Waals surface area contributed by atoms with Crippen molar-refractivity contribution in [3.05, 3.63) is 27.7 Å². The molecule has 8 heteroatoms. The number of amides is 2. The molecule has 0 unspecified atom stereocenters. The van der Waals surface area contributed by atoms with Crippen molar-refractivity contribution in [2.24, 2.45) is 0 Å². The van der Waals surface area contributed by atoms with Gasteiger partial charge in [0.15, 0.2) is 6.61 Å². The minimum atomic E-state index is -0.817. The number of carbonyl (C=O) groups excluding carboxylic acids is 3. The standard InChI is InChI=1S/C17H23BrN2O5/c1-10-6-11(15(23)12(18)7-10)16(24)25-9-14(22)20(5)8-13(21)19-17(2,3)4/h6-7,23H,8-9H2,1-5H3,(H,19,21). The Bertz CT molecular complexity index is 682. The maximum absolute atomic E-state index is 12.1. The fraction of sp³-hybridized carbons (Fsp3) is 0.471. The average molecular weight is 415 g/mol. The molecule has 0 aliphatic rings. The van der Waals surface area contributed by atoms with E-state index in [0.29, 0.717) is 4.47 Å². The molecule has 1 rings (SSSR count). The van der Waals surface area contributed by atoms with E-state index >= 15 is 0 Å². The number of halogens is 1. The van der Waals surface area contributed by atoms with Crippen LogP contribution in [0.2, 0.25) is 0 Å². The molecule has 1 aromatic rings. The summed E-state index contributed by atoms with van der Waals surface area (Å²) in [6.45, 7) is 6.59. The molecular formula is C17H23BrN2O5. The van der Waals surface area contributed by atoms with Gasteiger partial charge < -0.3 is 20.1 Å². The lowest BCUT2D eigenvalue weighted by Gasteiger charge is -2.23. The zero-order chi connectivity index (χ0) is 19.4. The number of hydrogen-bond donors (Lipinski definition) is 2. The van der Waals surface area contributed by atoms with E-state index in [2.05, 4.69) is 21.2 Å². The molecule has 138 valence electrons. The molecule has 0 aliphatic heterocycles. The second-order valence-corrected chi connectivity index (χ2v) is 7.62. The van der Waals surface area contributed by atoms with Crippen LogP contribution in [-0.2, 0) is 14.3 Å². The Morgan fingerprint density at radius 3 is 2.44 bits per heavy atom. The predicted octanol–water partition coefficient (Wildman–Crippen LogP) is 1.99. The lowest BCUT2D eigenvalue weighted by Crippen LogP contribution is -2.46. The van der Waals surface area contributed by atoms with Crippen molar-refractivity contribution in [3.63, 3.8) is 0 Å². The fourth-order valence-corrected chi connectivity index (χ4v) is 2.54. The summed E-state index contributed by atoms with van der Waals surface area (Å²) in [4.78, 5) is 37.0. The number of benzene rings is 1. The highest BCUT2D eigenvalue weighted by Gasteiger charge is 2.21. The van der Waals surface area contributed by atoms with E-state index in [1.54, 1.807) is 13.0 Å². The zero-order valence-electron chi connectivity index (χ0n) is 15.0. The molecule has 25 heavy (non-hydrogen) atoms. The van der Waals surface area contributed by atoms with Gasteiger partial charge in [-0.3, -0.25) is 9.59 Å². The molecule has 0 radical (unpaired) electrons. The smallest absolute Gasteiger partial charge is 0.342 e. The molecule has 2 amide bonds. The molecule has 0 atom stereocenters. The van der Waals surface area contributed by atoms with Gasteiger partial charge in [-0.05, 0) is 61.3 Å². The highest BCUT2D eigenvalue weighted by Crippen LogP contribution is 2.29. The number of esters is 1. The molecule has 0 fully saturated rings. The molecule has 1 aromatic carbocycles. The van der Waals surface area contributed by atoms with Crippen molar-refractivity contribution in [1.29, 1.82) is 0 Å². The summed E-state index contributed by atoms with van der Waals surface area (Å²) in [7, 11) is 1.44. The van der Waals surface area contributed by atoms with Gasteiger partial charge in [-0.2, -0.15) is 0 Å². The highest BCUT2D eigenvalue weighted by molar-refractivity contribution is 9.10. The van der Waals surface area contributed by atoms with Crippen LogP contribution in [0.5, 0.6) is 5.75 Å². The Kier molecular flexibility index (Phi) is 6.98. The third-order valence-corrected chi connectivity index (χ3v) is 3.68. The van der Waals surface area contributed by atoms with E-state index in [4.69, 9.17) is 4.74 Å². The van der Waals surface area contributed by atoms with Gasteiger partial charge in [0.05, 0.1) is 11.0 Å². The van der Waals surface area contributed by atoms with Crippen LogP contribution in [0.4, 0.5) is 0 Å². The van der Waals surface area contributed by atoms with Gasteiger partial charge in [0.2, 0.25) is 5.91 Å². The van der Waals surface area contributed by atoms with E-state index in [1.807, 2.05) is 20.8 Å². The van der Waals surface area contributed by atoms with Crippen LogP contribution in [0.3, 0.4) is 0 Å². The Labute approximate surface area is 155 Å². The summed E-state index contributed by atoms with van der Waals surface area (Å²) in [5, 5.41) is 12.6. The average Bonchev–Trinajstić information content (AvgIpc) is 2.45. The third-order valence-electron chi connectivity index (χ3n) is 3.08. The SMILES string of the molecule is Cc1cc(Br)c(O)c(C(=O)OCC(=O)N(C)CC(=O)NC(C)(C)C)c1. The molecule has 7 nitrogen and oxygen atoms in total. The van der Waals surface area contributed by atoms with E-state index in [1.165, 1.54) is 18.0 Å². The number of phenols is 1. The quantitative estimate of drug-likeness (QED) is 0.718. The number of carbonyl (C=O) groups is 3. The van der Waals surface area contributed by atoms with Gasteiger partial charge in [0.25, 0.3) is 5.91 Å². The molecule has 0 saturated carbocycles. The van der Waals surface area contributed by atoms with E-state index < -0.39 is 24.0 Å². The van der Waals surface area contributed by atoms with Crippen molar-refractivity contribution in [1.82, 2.24) is 10.2 Å². The Morgan fingerprint density at radius 2 is 1.88 bits per heavy atom. The summed E-state index contributed by atoms with van der Waals surface area (Å²) in [5.74, 6) is -1.90. The van der Waals surface area contributed by atoms with Crippen LogP contribution in [0.15, 0.2) is 16.6 Å². The van der Waals surface area contributed by atoms with Gasteiger partial charge in [-0.15, -0.1) is 0 Å². The summed E-state index contributed by atoms with van der Waals surface area (Å²) in [6, 6.07) is 3.12. The predicted molar refractivity (Wildman–Crippen MR) is 96.4 cm³/mol. The fourth-order valence-electron chi connectivity index (χ4n) is 1.97. The van der Waals surface area contributed by atoms with E-state index in [-0.39, 0.29) is 23.8 Å². The molecule has 0 saturated heterocycles. The maximum atomic E-state index is 12.1. The summed E-state index contributed by atoms with van der Waals surface area (Å²) in [5.41, 5.74) is 0.315. The first-order chi connectivity index (χ1) is 11.4. The van der Waals surface area contributed by atoms with Crippen molar-refractivity contribution < 1.29 is 24.2 Å². The number of nitrogens with zero attached hydrogens (tertiary/aromatic N) is 1. The molecule has 0 heterocycles. The molecule has 2 N–H and O–H groups in total. The molecular weight excluding hydrogens is 392 g/mol. The lowest BCUT2D eigenvalue weighted by molar-refractivity contribution is -0.137. The number of ether oxygens (including phenoxy) is 1. The Balaban J connectivity index is 2.61. The molecule has 0 aliphatic carbocycles. The number of phenolic OH excluding ortho intramolecular Hbond substituents is 1. The van der Waals surface area contributed by atoms with Gasteiger partial charge in [0.1, 0.15) is 11.3 Å². The number of aromatic hydroxyl groups is 1. The largest absolute Gasteiger partial charge is 0.506 e. The second kappa shape index (κ2) is 8.33. The lowest BCUT2D eigenvalue weighted by atomic mass is 10.1. The van der Waals surface area contributed by atoms with Gasteiger partial charge in [-0.1, -0.05) is 0 Å². The van der Waals surface area contributed by atoms with Crippen molar-refractivity contribution >= 4 is 33.7 Å². The first-order valence-electron chi connectivity index (χ1n) is 7.62. The molecule has 0 spiro atoms. The van der Waals surface area contributed by atoms with Crippen molar-refractivity contribution in [2.75, 3.05) is 20.2 Å². The number of hydrogen-bond acceptors (Lipinski definition) is 5. The first-order valence-corrected chi connectivity index (χ1v) is 8.41. The number of aryl methyl sites for hydroxylation is 1. The zero-order valence-corrected chi connectivity index (χ0v) is 16.6. The van der Waals surface area contributed by atoms with Crippen molar-refractivity contribution in [3.8, 4) is 5.75 Å². The number of nitrogens with one attached hydrogen (secondary N) is 1. The van der Waals surface area contributed by atoms with Gasteiger partial charge in [0, 0.05) is 12.6 Å². The number of likely N-dealkylation sites (N-methyl/N-ethyl adjacent to an activating group) is 1. The van der Waals surface area contributed by atoms with E-state index in [0.717, 1.165) is 5.56 Å². The van der Waals surface area contributed by atoms with Crippen LogP contribution in [-0.4, -0.2) is 53.5 Å². The Hall–Kier alpha value is -2.09. The summed E-state index contributed by atoms with van der Waals surface area (Å²) in [6.07, 6.45) is 0. The van der Waals surface area contributed by atoms with Crippen LogP contribution in [0.1, 0.15) is 36.7 Å². The minimum Gasteiger partial charge on any atom is -0.506 e. The summed E-state index contributed by atoms with van der Waals surface area (Å²) >= 11 is 3.14. The van der Waals surface area contributed by atoms with Crippen LogP contribution >= 0.6 is 15.9 Å². The highest BCUT2D eigenvalue weighted by atomic mass is 79.9. The van der Waals surface area contributed by atoms with Crippen LogP contribution < -0.4 is 5.32 Å². The van der Waals surface area contributed by atoms with E-state index in [9.17, 15) is 19.5 Å².